The van der Waals surface area contributed by atoms with Crippen LogP contribution in [0.5, 0.6) is 0 Å². The summed E-state index contributed by atoms with van der Waals surface area (Å²) < 4.78 is 0. The number of nitrogens with zero attached hydrogens (tertiary/aromatic N) is 2. The molecule has 5 nitrogen and oxygen atoms in total. The van der Waals surface area contributed by atoms with Gasteiger partial charge in [-0.2, -0.15) is 5.10 Å². The van der Waals surface area contributed by atoms with Gasteiger partial charge >= 0.3 is 0 Å². The van der Waals surface area contributed by atoms with Crippen molar-refractivity contribution >= 4 is 11.7 Å². The molecule has 1 aliphatic rings. The van der Waals surface area contributed by atoms with E-state index in [1.165, 1.54) is 5.56 Å². The smallest absolute Gasteiger partial charge is 0.224 e. The lowest BCUT2D eigenvalue weighted by Gasteiger charge is -2.16. The number of H-pyrrole nitrogens is 1. The molecule has 0 saturated carbocycles. The van der Waals surface area contributed by atoms with Gasteiger partial charge in [-0.3, -0.25) is 9.89 Å². The van der Waals surface area contributed by atoms with Crippen molar-refractivity contribution in [3.8, 4) is 11.3 Å². The zero-order valence-corrected chi connectivity index (χ0v) is 15.5. The molecule has 2 heterocycles. The second-order valence-electron chi connectivity index (χ2n) is 7.17. The third-order valence-electron chi connectivity index (χ3n) is 5.01. The Labute approximate surface area is 159 Å². The van der Waals surface area contributed by atoms with Gasteiger partial charge in [0, 0.05) is 25.2 Å². The molecule has 1 aliphatic heterocycles. The molecule has 138 valence electrons. The normalized spacial score (nSPS) is 16.5. The summed E-state index contributed by atoms with van der Waals surface area (Å²) in [6, 6.07) is 20.5. The van der Waals surface area contributed by atoms with Crippen LogP contribution in [0.2, 0.25) is 0 Å². The number of aryl methyl sites for hydroxylation is 1. The number of hydrogen-bond donors (Lipinski definition) is 2. The molecule has 3 aromatic rings. The summed E-state index contributed by atoms with van der Waals surface area (Å²) in [6.45, 7) is 3.74. The number of aromatic nitrogens is 2. The third-order valence-corrected chi connectivity index (χ3v) is 5.01. The number of hydrogen-bond acceptors (Lipinski definition) is 3. The van der Waals surface area contributed by atoms with Crippen molar-refractivity contribution in [1.29, 1.82) is 0 Å². The van der Waals surface area contributed by atoms with Crippen molar-refractivity contribution < 1.29 is 4.79 Å². The molecular weight excluding hydrogens is 336 g/mol. The number of amides is 1. The van der Waals surface area contributed by atoms with Gasteiger partial charge in [0.15, 0.2) is 5.82 Å². The molecule has 0 aliphatic carbocycles. The molecule has 1 amide bonds. The Morgan fingerprint density at radius 1 is 1.19 bits per heavy atom. The van der Waals surface area contributed by atoms with Crippen LogP contribution in [0, 0.1) is 6.92 Å². The Morgan fingerprint density at radius 2 is 1.96 bits per heavy atom. The van der Waals surface area contributed by atoms with E-state index >= 15 is 0 Å². The fourth-order valence-corrected chi connectivity index (χ4v) is 3.49. The minimum Gasteiger partial charge on any atom is -0.353 e. The lowest BCUT2D eigenvalue weighted by molar-refractivity contribution is -0.121. The van der Waals surface area contributed by atoms with E-state index in [1.807, 2.05) is 42.5 Å². The maximum absolute atomic E-state index is 12.3. The first-order valence-electron chi connectivity index (χ1n) is 9.38. The Morgan fingerprint density at radius 3 is 2.74 bits per heavy atom. The van der Waals surface area contributed by atoms with Gasteiger partial charge in [-0.05, 0) is 24.5 Å². The summed E-state index contributed by atoms with van der Waals surface area (Å²) in [4.78, 5) is 14.6. The van der Waals surface area contributed by atoms with Crippen molar-refractivity contribution in [1.82, 2.24) is 15.5 Å². The van der Waals surface area contributed by atoms with Crippen LogP contribution in [0.25, 0.3) is 11.3 Å². The maximum Gasteiger partial charge on any atom is 0.224 e. The topological polar surface area (TPSA) is 61.0 Å². The average Bonchev–Trinajstić information content (AvgIpc) is 3.34. The van der Waals surface area contributed by atoms with Gasteiger partial charge < -0.3 is 10.2 Å². The monoisotopic (exact) mass is 360 g/mol. The molecule has 1 aromatic heterocycles. The Hall–Kier alpha value is -3.08. The number of rotatable bonds is 5. The van der Waals surface area contributed by atoms with Crippen molar-refractivity contribution in [2.45, 2.75) is 25.8 Å². The number of nitrogens with one attached hydrogen (secondary N) is 2. The Balaban J connectivity index is 1.33. The van der Waals surface area contributed by atoms with E-state index in [0.717, 1.165) is 42.1 Å². The van der Waals surface area contributed by atoms with Crippen LogP contribution in [0.3, 0.4) is 0 Å². The van der Waals surface area contributed by atoms with Gasteiger partial charge in [0.25, 0.3) is 0 Å². The lowest BCUT2D eigenvalue weighted by atomic mass is 10.1. The van der Waals surface area contributed by atoms with E-state index in [0.29, 0.717) is 6.42 Å². The first-order chi connectivity index (χ1) is 13.2. The lowest BCUT2D eigenvalue weighted by Crippen LogP contribution is -2.38. The highest BCUT2D eigenvalue weighted by Gasteiger charge is 2.25. The van der Waals surface area contributed by atoms with Gasteiger partial charge in [0.1, 0.15) is 0 Å². The van der Waals surface area contributed by atoms with Gasteiger partial charge in [0.2, 0.25) is 5.91 Å². The predicted molar refractivity (Wildman–Crippen MR) is 108 cm³/mol. The van der Waals surface area contributed by atoms with Crippen LogP contribution in [0.4, 0.5) is 5.82 Å². The number of carbonyl (C=O) groups is 1. The van der Waals surface area contributed by atoms with E-state index in [-0.39, 0.29) is 11.9 Å². The first kappa shape index (κ1) is 17.3. The SMILES string of the molecule is Cc1ccc(CC(=O)NC2CCN(c3cc(-c4ccccc4)[nH]n3)C2)cc1. The predicted octanol–water partition coefficient (Wildman–Crippen LogP) is 3.32. The molecule has 0 radical (unpaired) electrons. The first-order valence-corrected chi connectivity index (χ1v) is 9.38. The standard InChI is InChI=1S/C22H24N4O/c1-16-7-9-17(10-8-16)13-22(27)23-19-11-12-26(15-19)21-14-20(24-25-21)18-5-3-2-4-6-18/h2-10,14,19H,11-13,15H2,1H3,(H,23,27)(H,24,25). The van der Waals surface area contributed by atoms with E-state index in [9.17, 15) is 4.79 Å². The number of benzene rings is 2. The fraction of sp³-hybridized carbons (Fsp3) is 0.273. The zero-order chi connectivity index (χ0) is 18.6. The Kier molecular flexibility index (Phi) is 4.92. The molecule has 1 unspecified atom stereocenters. The number of aromatic amines is 1. The summed E-state index contributed by atoms with van der Waals surface area (Å²) >= 11 is 0. The minimum absolute atomic E-state index is 0.0812. The Bertz CT molecular complexity index is 902. The molecule has 0 spiro atoms. The highest BCUT2D eigenvalue weighted by molar-refractivity contribution is 5.79. The van der Waals surface area contributed by atoms with Crippen LogP contribution in [-0.2, 0) is 11.2 Å². The molecule has 2 aromatic carbocycles. The third kappa shape index (κ3) is 4.19. The van der Waals surface area contributed by atoms with Crippen molar-refractivity contribution in [3.63, 3.8) is 0 Å². The average molecular weight is 360 g/mol. The summed E-state index contributed by atoms with van der Waals surface area (Å²) in [5.41, 5.74) is 4.39. The molecule has 0 bridgehead atoms. The van der Waals surface area contributed by atoms with Gasteiger partial charge in [-0.1, -0.05) is 60.2 Å². The molecule has 27 heavy (non-hydrogen) atoms. The number of anilines is 1. The summed E-state index contributed by atoms with van der Waals surface area (Å²) in [5, 5.41) is 10.7. The molecule has 1 fully saturated rings. The summed E-state index contributed by atoms with van der Waals surface area (Å²) in [6.07, 6.45) is 1.37. The van der Waals surface area contributed by atoms with Gasteiger partial charge in [0.05, 0.1) is 12.1 Å². The summed E-state index contributed by atoms with van der Waals surface area (Å²) in [7, 11) is 0. The molecular formula is C22H24N4O. The number of carbonyl (C=O) groups excluding carboxylic acids is 1. The van der Waals surface area contributed by atoms with Crippen LogP contribution in [0.15, 0.2) is 60.7 Å². The van der Waals surface area contributed by atoms with Gasteiger partial charge in [-0.25, -0.2) is 0 Å². The van der Waals surface area contributed by atoms with Crippen LogP contribution in [0.1, 0.15) is 17.5 Å². The molecule has 5 heteroatoms. The van der Waals surface area contributed by atoms with E-state index < -0.39 is 0 Å². The fourth-order valence-electron chi connectivity index (χ4n) is 3.49. The molecule has 1 atom stereocenters. The van der Waals surface area contributed by atoms with Crippen LogP contribution >= 0.6 is 0 Å². The van der Waals surface area contributed by atoms with E-state index in [4.69, 9.17) is 0 Å². The van der Waals surface area contributed by atoms with Crippen LogP contribution in [-0.4, -0.2) is 35.2 Å². The van der Waals surface area contributed by atoms with Crippen molar-refractivity contribution in [3.05, 3.63) is 71.8 Å². The molecule has 2 N–H and O–H groups in total. The maximum atomic E-state index is 12.3. The summed E-state index contributed by atoms with van der Waals surface area (Å²) in [5.74, 6) is 1.02. The second kappa shape index (κ2) is 7.66. The van der Waals surface area contributed by atoms with Crippen LogP contribution < -0.4 is 10.2 Å². The molecule has 4 rings (SSSR count). The quantitative estimate of drug-likeness (QED) is 0.734. The highest BCUT2D eigenvalue weighted by atomic mass is 16.1. The minimum atomic E-state index is 0.0812. The largest absolute Gasteiger partial charge is 0.353 e. The highest BCUT2D eigenvalue weighted by Crippen LogP contribution is 2.24. The van der Waals surface area contributed by atoms with E-state index in [2.05, 4.69) is 45.5 Å². The van der Waals surface area contributed by atoms with Crippen molar-refractivity contribution in [2.75, 3.05) is 18.0 Å². The van der Waals surface area contributed by atoms with E-state index in [1.54, 1.807) is 0 Å². The van der Waals surface area contributed by atoms with Gasteiger partial charge in [-0.15, -0.1) is 0 Å². The molecule has 1 saturated heterocycles. The van der Waals surface area contributed by atoms with Crippen molar-refractivity contribution in [2.24, 2.45) is 0 Å². The zero-order valence-electron chi connectivity index (χ0n) is 15.5. The second-order valence-corrected chi connectivity index (χ2v) is 7.17.